The SMILES string of the molecule is Cc1[nH]nc(C(=O)Nc2ccc(NCc3ccccc3)c(Cl)c2)c1[N+](=O)[O-]. The van der Waals surface area contributed by atoms with Gasteiger partial charge in [0.1, 0.15) is 5.69 Å². The van der Waals surface area contributed by atoms with Crippen LogP contribution in [0.2, 0.25) is 5.02 Å². The Morgan fingerprint density at radius 3 is 2.67 bits per heavy atom. The first-order chi connectivity index (χ1) is 13.0. The fourth-order valence-corrected chi connectivity index (χ4v) is 2.77. The highest BCUT2D eigenvalue weighted by atomic mass is 35.5. The summed E-state index contributed by atoms with van der Waals surface area (Å²) in [5.41, 5.74) is 1.81. The molecule has 0 aliphatic heterocycles. The van der Waals surface area contributed by atoms with Crippen molar-refractivity contribution >= 4 is 34.6 Å². The molecule has 138 valence electrons. The van der Waals surface area contributed by atoms with Crippen molar-refractivity contribution in [3.8, 4) is 0 Å². The summed E-state index contributed by atoms with van der Waals surface area (Å²) in [5, 5.41) is 23.4. The number of anilines is 2. The van der Waals surface area contributed by atoms with Crippen LogP contribution >= 0.6 is 11.6 Å². The molecule has 1 amide bonds. The number of rotatable bonds is 6. The zero-order chi connectivity index (χ0) is 19.4. The van der Waals surface area contributed by atoms with Gasteiger partial charge in [-0.05, 0) is 30.7 Å². The molecule has 0 atom stereocenters. The fraction of sp³-hybridized carbons (Fsp3) is 0.111. The molecule has 0 aliphatic carbocycles. The second-order valence-electron chi connectivity index (χ2n) is 5.79. The van der Waals surface area contributed by atoms with Gasteiger partial charge in [0.2, 0.25) is 5.69 Å². The minimum atomic E-state index is -0.688. The van der Waals surface area contributed by atoms with E-state index in [2.05, 4.69) is 20.8 Å². The van der Waals surface area contributed by atoms with Crippen molar-refractivity contribution < 1.29 is 9.72 Å². The molecule has 0 aliphatic rings. The van der Waals surface area contributed by atoms with E-state index in [0.29, 0.717) is 22.9 Å². The summed E-state index contributed by atoms with van der Waals surface area (Å²) in [5.74, 6) is -0.688. The lowest BCUT2D eigenvalue weighted by Gasteiger charge is -2.10. The number of aromatic nitrogens is 2. The van der Waals surface area contributed by atoms with E-state index in [1.165, 1.54) is 6.92 Å². The monoisotopic (exact) mass is 385 g/mol. The summed E-state index contributed by atoms with van der Waals surface area (Å²) in [4.78, 5) is 22.7. The molecule has 3 aromatic rings. The topological polar surface area (TPSA) is 113 Å². The van der Waals surface area contributed by atoms with E-state index in [1.54, 1.807) is 18.2 Å². The number of H-pyrrole nitrogens is 1. The largest absolute Gasteiger partial charge is 0.380 e. The second kappa shape index (κ2) is 7.88. The number of carbonyl (C=O) groups is 1. The molecule has 3 N–H and O–H groups in total. The van der Waals surface area contributed by atoms with Crippen molar-refractivity contribution in [1.82, 2.24) is 10.2 Å². The Morgan fingerprint density at radius 1 is 1.26 bits per heavy atom. The molecular formula is C18H16ClN5O3. The van der Waals surface area contributed by atoms with Gasteiger partial charge in [0.05, 0.1) is 15.6 Å². The third-order valence-corrected chi connectivity index (χ3v) is 4.18. The number of nitro groups is 1. The molecule has 1 aromatic heterocycles. The van der Waals surface area contributed by atoms with Gasteiger partial charge in [-0.15, -0.1) is 0 Å². The van der Waals surface area contributed by atoms with E-state index >= 15 is 0 Å². The van der Waals surface area contributed by atoms with E-state index in [1.807, 2.05) is 30.3 Å². The van der Waals surface area contributed by atoms with E-state index in [-0.39, 0.29) is 17.1 Å². The number of benzene rings is 2. The van der Waals surface area contributed by atoms with Crippen LogP contribution in [-0.4, -0.2) is 21.0 Å². The predicted octanol–water partition coefficient (Wildman–Crippen LogP) is 4.14. The number of nitrogens with zero attached hydrogens (tertiary/aromatic N) is 2. The summed E-state index contributed by atoms with van der Waals surface area (Å²) >= 11 is 6.27. The summed E-state index contributed by atoms with van der Waals surface area (Å²) < 4.78 is 0. The van der Waals surface area contributed by atoms with Gasteiger partial charge in [0.25, 0.3) is 5.91 Å². The van der Waals surface area contributed by atoms with Crippen molar-refractivity contribution in [3.05, 3.63) is 80.6 Å². The maximum atomic E-state index is 12.3. The lowest BCUT2D eigenvalue weighted by Crippen LogP contribution is -2.14. The lowest BCUT2D eigenvalue weighted by molar-refractivity contribution is -0.385. The molecular weight excluding hydrogens is 370 g/mol. The quantitative estimate of drug-likeness (QED) is 0.436. The summed E-state index contributed by atoms with van der Waals surface area (Å²) in [6.45, 7) is 2.08. The van der Waals surface area contributed by atoms with Crippen molar-refractivity contribution in [2.45, 2.75) is 13.5 Å². The molecule has 0 unspecified atom stereocenters. The molecule has 2 aromatic carbocycles. The van der Waals surface area contributed by atoms with Gasteiger partial charge in [-0.25, -0.2) is 0 Å². The Kier molecular flexibility index (Phi) is 5.37. The molecule has 0 saturated heterocycles. The van der Waals surface area contributed by atoms with Gasteiger partial charge in [0, 0.05) is 12.2 Å². The Labute approximate surface area is 159 Å². The van der Waals surface area contributed by atoms with Crippen molar-refractivity contribution in [1.29, 1.82) is 0 Å². The Bertz CT molecular complexity index is 988. The second-order valence-corrected chi connectivity index (χ2v) is 6.20. The molecule has 0 spiro atoms. The standard InChI is InChI=1S/C18H16ClN5O3/c1-11-17(24(26)27)16(23-22-11)18(25)21-13-7-8-15(14(19)9-13)20-10-12-5-3-2-4-6-12/h2-9,20H,10H2,1H3,(H,21,25)(H,22,23). The smallest absolute Gasteiger partial charge is 0.322 e. The van der Waals surface area contributed by atoms with Crippen LogP contribution in [0, 0.1) is 17.0 Å². The minimum Gasteiger partial charge on any atom is -0.380 e. The minimum absolute atomic E-state index is 0.212. The normalized spacial score (nSPS) is 10.4. The van der Waals surface area contributed by atoms with Crippen LogP contribution in [0.4, 0.5) is 17.1 Å². The van der Waals surface area contributed by atoms with Gasteiger partial charge in [-0.1, -0.05) is 41.9 Å². The van der Waals surface area contributed by atoms with Crippen LogP contribution in [0.15, 0.2) is 48.5 Å². The number of aromatic amines is 1. The molecule has 0 saturated carbocycles. The highest BCUT2D eigenvalue weighted by Crippen LogP contribution is 2.27. The van der Waals surface area contributed by atoms with Crippen molar-refractivity contribution in [2.24, 2.45) is 0 Å². The Balaban J connectivity index is 1.70. The summed E-state index contributed by atoms with van der Waals surface area (Å²) in [6.07, 6.45) is 0. The number of halogens is 1. The molecule has 0 bridgehead atoms. The number of amides is 1. The van der Waals surface area contributed by atoms with Crippen LogP contribution in [-0.2, 0) is 6.54 Å². The number of nitrogens with one attached hydrogen (secondary N) is 3. The lowest BCUT2D eigenvalue weighted by atomic mass is 10.2. The fourth-order valence-electron chi connectivity index (χ4n) is 2.52. The van der Waals surface area contributed by atoms with Crippen LogP contribution in [0.5, 0.6) is 0 Å². The van der Waals surface area contributed by atoms with E-state index in [0.717, 1.165) is 5.56 Å². The third kappa shape index (κ3) is 4.24. The van der Waals surface area contributed by atoms with Crippen LogP contribution in [0.3, 0.4) is 0 Å². The first-order valence-corrected chi connectivity index (χ1v) is 8.41. The molecule has 9 heteroatoms. The van der Waals surface area contributed by atoms with Crippen LogP contribution in [0.25, 0.3) is 0 Å². The molecule has 3 rings (SSSR count). The summed E-state index contributed by atoms with van der Waals surface area (Å²) in [6, 6.07) is 14.8. The molecule has 27 heavy (non-hydrogen) atoms. The third-order valence-electron chi connectivity index (χ3n) is 3.87. The van der Waals surface area contributed by atoms with E-state index < -0.39 is 10.8 Å². The Hall–Kier alpha value is -3.39. The molecule has 1 heterocycles. The van der Waals surface area contributed by atoms with E-state index in [4.69, 9.17) is 11.6 Å². The van der Waals surface area contributed by atoms with E-state index in [9.17, 15) is 14.9 Å². The first kappa shape index (κ1) is 18.4. The molecule has 0 radical (unpaired) electrons. The molecule has 8 nitrogen and oxygen atoms in total. The van der Waals surface area contributed by atoms with Gasteiger partial charge < -0.3 is 10.6 Å². The van der Waals surface area contributed by atoms with Crippen LogP contribution in [0.1, 0.15) is 21.7 Å². The van der Waals surface area contributed by atoms with Crippen molar-refractivity contribution in [2.75, 3.05) is 10.6 Å². The first-order valence-electron chi connectivity index (χ1n) is 8.03. The van der Waals surface area contributed by atoms with Crippen molar-refractivity contribution in [3.63, 3.8) is 0 Å². The zero-order valence-electron chi connectivity index (χ0n) is 14.3. The zero-order valence-corrected chi connectivity index (χ0v) is 15.1. The highest BCUT2D eigenvalue weighted by molar-refractivity contribution is 6.33. The molecule has 0 fully saturated rings. The highest BCUT2D eigenvalue weighted by Gasteiger charge is 2.27. The number of hydrogen-bond donors (Lipinski definition) is 3. The maximum absolute atomic E-state index is 12.3. The van der Waals surface area contributed by atoms with Crippen LogP contribution < -0.4 is 10.6 Å². The average Bonchev–Trinajstić information content (AvgIpc) is 3.04. The Morgan fingerprint density at radius 2 is 2.00 bits per heavy atom. The number of aryl methyl sites for hydroxylation is 1. The van der Waals surface area contributed by atoms with Gasteiger partial charge in [-0.2, -0.15) is 5.10 Å². The maximum Gasteiger partial charge on any atom is 0.322 e. The number of carbonyl (C=O) groups excluding carboxylic acids is 1. The van der Waals surface area contributed by atoms with Gasteiger partial charge >= 0.3 is 5.69 Å². The average molecular weight is 386 g/mol. The summed E-state index contributed by atoms with van der Waals surface area (Å²) in [7, 11) is 0. The predicted molar refractivity (Wildman–Crippen MR) is 103 cm³/mol. The number of hydrogen-bond acceptors (Lipinski definition) is 5. The van der Waals surface area contributed by atoms with Gasteiger partial charge in [0.15, 0.2) is 0 Å². The van der Waals surface area contributed by atoms with Gasteiger partial charge in [-0.3, -0.25) is 20.0 Å².